The number of hydrogen-bond acceptors (Lipinski definition) is 14. The molecule has 2 aromatic heterocycles. The van der Waals surface area contributed by atoms with Crippen molar-refractivity contribution < 1.29 is 61.0 Å². The number of fused-ring (bicyclic) bond motifs is 1. The van der Waals surface area contributed by atoms with Crippen LogP contribution in [0.2, 0.25) is 0 Å². The Labute approximate surface area is 178 Å². The highest BCUT2D eigenvalue weighted by atomic mass is 31.3. The molecule has 0 aromatic carbocycles. The molecule has 180 valence electrons. The first-order chi connectivity index (χ1) is 14.8. The molecule has 7 N–H and O–H groups in total. The molecule has 3 heterocycles. The van der Waals surface area contributed by atoms with Crippen LogP contribution in [0.1, 0.15) is 6.23 Å². The Balaban J connectivity index is 1.68. The van der Waals surface area contributed by atoms with E-state index >= 15 is 0 Å². The van der Waals surface area contributed by atoms with E-state index in [2.05, 4.69) is 32.6 Å². The average Bonchev–Trinajstić information content (AvgIpc) is 3.21. The number of imidazole rings is 1. The topological polar surface area (TPSA) is 268 Å². The Morgan fingerprint density at radius 2 is 1.72 bits per heavy atom. The first kappa shape index (κ1) is 25.3. The van der Waals surface area contributed by atoms with E-state index in [1.54, 1.807) is 0 Å². The first-order valence-corrected chi connectivity index (χ1v) is 12.8. The lowest BCUT2D eigenvalue weighted by Crippen LogP contribution is -2.33. The molecular weight excluding hydrogens is 503 g/mol. The minimum absolute atomic E-state index is 0.0524. The number of anilines is 1. The zero-order valence-electron chi connectivity index (χ0n) is 15.9. The van der Waals surface area contributed by atoms with Crippen LogP contribution < -0.4 is 5.73 Å². The van der Waals surface area contributed by atoms with Crippen molar-refractivity contribution in [3.05, 3.63) is 12.7 Å². The van der Waals surface area contributed by atoms with Crippen LogP contribution in [0, 0.1) is 0 Å². The molecule has 0 aliphatic carbocycles. The molecule has 7 atom stereocenters. The molecule has 21 heteroatoms. The minimum atomic E-state index is -5.59. The summed E-state index contributed by atoms with van der Waals surface area (Å²) in [5.41, 5.74) is 6.04. The quantitative estimate of drug-likeness (QED) is 0.216. The van der Waals surface area contributed by atoms with E-state index < -0.39 is 54.6 Å². The van der Waals surface area contributed by atoms with E-state index in [-0.39, 0.29) is 17.0 Å². The lowest BCUT2D eigenvalue weighted by Gasteiger charge is -2.19. The zero-order chi connectivity index (χ0) is 23.9. The fourth-order valence-corrected chi connectivity index (χ4v) is 5.92. The highest BCUT2D eigenvalue weighted by molar-refractivity contribution is 7.66. The molecule has 32 heavy (non-hydrogen) atoms. The predicted molar refractivity (Wildman–Crippen MR) is 100 cm³/mol. The normalized spacial score (nSPS) is 29.4. The minimum Gasteiger partial charge on any atom is -0.387 e. The van der Waals surface area contributed by atoms with Crippen LogP contribution in [-0.4, -0.2) is 76.4 Å². The number of aromatic nitrogens is 4. The number of aliphatic hydroxyl groups excluding tert-OH is 2. The summed E-state index contributed by atoms with van der Waals surface area (Å²) in [6, 6.07) is 0. The number of phosphoric ester groups is 2. The van der Waals surface area contributed by atoms with Gasteiger partial charge in [-0.05, 0) is 0 Å². The second-order valence-electron chi connectivity index (χ2n) is 6.18. The van der Waals surface area contributed by atoms with Gasteiger partial charge < -0.3 is 35.4 Å². The summed E-state index contributed by atoms with van der Waals surface area (Å²) in [7, 11) is -15.4. The van der Waals surface area contributed by atoms with E-state index in [9.17, 15) is 33.7 Å². The molecule has 3 rings (SSSR count). The van der Waals surface area contributed by atoms with Crippen LogP contribution in [0.15, 0.2) is 12.7 Å². The van der Waals surface area contributed by atoms with Gasteiger partial charge in [0.15, 0.2) is 17.7 Å². The summed E-state index contributed by atoms with van der Waals surface area (Å²) < 4.78 is 57.4. The third kappa shape index (κ3) is 5.58. The molecule has 18 nitrogen and oxygen atoms in total. The molecule has 0 saturated carbocycles. The predicted octanol–water partition coefficient (Wildman–Crippen LogP) is -0.975. The molecule has 2 aromatic rings. The Morgan fingerprint density at radius 3 is 2.38 bits per heavy atom. The van der Waals surface area contributed by atoms with E-state index in [4.69, 9.17) is 15.4 Å². The largest absolute Gasteiger partial charge is 0.490 e. The molecular formula is C11H18N5O13P3. The second-order valence-corrected chi connectivity index (χ2v) is 10.9. The fraction of sp³-hybridized carbons (Fsp3) is 0.545. The van der Waals surface area contributed by atoms with Crippen LogP contribution in [0.5, 0.6) is 0 Å². The van der Waals surface area contributed by atoms with Crippen molar-refractivity contribution in [2.24, 2.45) is 0 Å². The van der Waals surface area contributed by atoms with Gasteiger partial charge in [-0.2, -0.15) is 8.62 Å². The standard InChI is InChI=1S/C11H18N5O13P3/c1-25-30(19,20)28-32(23,24)29-31(21,22)26-2-5-7(17)8(18)11(27-5)16-4-15-6-9(12)13-3-14-10(6)16/h3-5,7-8,11,17-18H,2H2,1H3,(H,19,20)(H,21,22)(H,23,24)(H2,12,13,14)/t5-,7-,8-,11-/m1/s1. The molecule has 1 saturated heterocycles. The van der Waals surface area contributed by atoms with Crippen molar-refractivity contribution in [2.75, 3.05) is 19.5 Å². The van der Waals surface area contributed by atoms with Crippen molar-refractivity contribution >= 4 is 40.4 Å². The van der Waals surface area contributed by atoms with Crippen molar-refractivity contribution in [1.82, 2.24) is 19.5 Å². The summed E-state index contributed by atoms with van der Waals surface area (Å²) in [4.78, 5) is 39.7. The van der Waals surface area contributed by atoms with Crippen LogP contribution in [0.4, 0.5) is 5.82 Å². The van der Waals surface area contributed by atoms with Crippen LogP contribution in [-0.2, 0) is 36.1 Å². The number of nitrogen functional groups attached to an aromatic ring is 1. The zero-order valence-corrected chi connectivity index (χ0v) is 18.6. The van der Waals surface area contributed by atoms with Gasteiger partial charge in [-0.1, -0.05) is 0 Å². The highest BCUT2D eigenvalue weighted by Gasteiger charge is 2.47. The van der Waals surface area contributed by atoms with Crippen molar-refractivity contribution in [3.8, 4) is 0 Å². The van der Waals surface area contributed by atoms with Gasteiger partial charge in [0, 0.05) is 7.11 Å². The van der Waals surface area contributed by atoms with Crippen molar-refractivity contribution in [3.63, 3.8) is 0 Å². The third-order valence-electron chi connectivity index (χ3n) is 4.04. The summed E-state index contributed by atoms with van der Waals surface area (Å²) >= 11 is 0. The smallest absolute Gasteiger partial charge is 0.387 e. The molecule has 0 spiro atoms. The first-order valence-electron chi connectivity index (χ1n) is 8.31. The van der Waals surface area contributed by atoms with Crippen LogP contribution in [0.3, 0.4) is 0 Å². The maximum Gasteiger partial charge on any atom is 0.490 e. The second kappa shape index (κ2) is 9.12. The van der Waals surface area contributed by atoms with Gasteiger partial charge in [0.05, 0.1) is 12.9 Å². The van der Waals surface area contributed by atoms with Gasteiger partial charge in [-0.25, -0.2) is 28.6 Å². The van der Waals surface area contributed by atoms with Gasteiger partial charge in [0.1, 0.15) is 30.2 Å². The number of ether oxygens (including phenoxy) is 1. The van der Waals surface area contributed by atoms with Crippen LogP contribution >= 0.6 is 23.5 Å². The summed E-state index contributed by atoms with van der Waals surface area (Å²) in [5.74, 6) is 0.0524. The van der Waals surface area contributed by atoms with Gasteiger partial charge >= 0.3 is 23.5 Å². The monoisotopic (exact) mass is 521 g/mol. The Morgan fingerprint density at radius 1 is 1.06 bits per heavy atom. The third-order valence-corrected chi connectivity index (χ3v) is 8.28. The summed E-state index contributed by atoms with van der Waals surface area (Å²) in [5, 5.41) is 20.5. The molecule has 1 aliphatic rings. The van der Waals surface area contributed by atoms with Crippen molar-refractivity contribution in [2.45, 2.75) is 24.5 Å². The van der Waals surface area contributed by atoms with Gasteiger partial charge in [0.2, 0.25) is 0 Å². The number of nitrogens with zero attached hydrogens (tertiary/aromatic N) is 4. The lowest BCUT2D eigenvalue weighted by molar-refractivity contribution is -0.0503. The Hall–Kier alpha value is -1.36. The lowest BCUT2D eigenvalue weighted by atomic mass is 10.1. The number of hydrogen-bond donors (Lipinski definition) is 6. The highest BCUT2D eigenvalue weighted by Crippen LogP contribution is 2.67. The van der Waals surface area contributed by atoms with Gasteiger partial charge in [0.25, 0.3) is 0 Å². The molecule has 0 radical (unpaired) electrons. The molecule has 3 unspecified atom stereocenters. The van der Waals surface area contributed by atoms with Crippen LogP contribution in [0.25, 0.3) is 11.2 Å². The maximum atomic E-state index is 11.9. The summed E-state index contributed by atoms with van der Waals surface area (Å²) in [6.45, 7) is -0.923. The van der Waals surface area contributed by atoms with Crippen molar-refractivity contribution in [1.29, 1.82) is 0 Å². The van der Waals surface area contributed by atoms with Gasteiger partial charge in [-0.15, -0.1) is 0 Å². The average molecular weight is 521 g/mol. The SMILES string of the molecule is COP(=O)(O)OP(=O)(O)OP(=O)(O)OC[C@H]1O[C@@H](n2cnc3c(N)ncnc32)[C@H](O)[C@@H]1O. The Kier molecular flexibility index (Phi) is 7.20. The van der Waals surface area contributed by atoms with E-state index in [1.807, 2.05) is 0 Å². The molecule has 0 bridgehead atoms. The number of nitrogens with two attached hydrogens (primary N) is 1. The van der Waals surface area contributed by atoms with Gasteiger partial charge in [-0.3, -0.25) is 13.6 Å². The number of rotatable bonds is 9. The summed E-state index contributed by atoms with van der Waals surface area (Å²) in [6.07, 6.45) is -3.59. The number of aliphatic hydroxyl groups is 2. The molecule has 0 amide bonds. The fourth-order valence-electron chi connectivity index (χ4n) is 2.65. The molecule has 1 fully saturated rings. The van der Waals surface area contributed by atoms with E-state index in [0.717, 1.165) is 6.33 Å². The van der Waals surface area contributed by atoms with E-state index in [1.165, 1.54) is 10.9 Å². The Bertz CT molecular complexity index is 1130. The molecule has 1 aliphatic heterocycles. The van der Waals surface area contributed by atoms with E-state index in [0.29, 0.717) is 7.11 Å². The number of phosphoric acid groups is 3. The maximum absolute atomic E-state index is 11.9.